The van der Waals surface area contributed by atoms with Gasteiger partial charge in [-0.2, -0.15) is 0 Å². The standard InChI is InChI=1S/C21H36O3/c1-16(14-22)8-4-2-7-11-18-19(21-13-12-20(18)24-21)15-23-17-9-5-3-6-10-17/h2,7,16-22H,3-6,8-15H2,1H3/t16-,18?,19-,20+,21-/m1/s1. The van der Waals surface area contributed by atoms with Crippen LogP contribution in [0.2, 0.25) is 0 Å². The fourth-order valence-electron chi connectivity index (χ4n) is 4.75. The first-order valence-electron chi connectivity index (χ1n) is 10.3. The predicted molar refractivity (Wildman–Crippen MR) is 96.9 cm³/mol. The third kappa shape index (κ3) is 4.83. The maximum Gasteiger partial charge on any atom is 0.0633 e. The van der Waals surface area contributed by atoms with Crippen LogP contribution in [0, 0.1) is 17.8 Å². The first-order chi connectivity index (χ1) is 11.8. The van der Waals surface area contributed by atoms with E-state index in [0.29, 0.717) is 42.7 Å². The Morgan fingerprint density at radius 2 is 1.79 bits per heavy atom. The summed E-state index contributed by atoms with van der Waals surface area (Å²) in [6, 6.07) is 0. The van der Waals surface area contributed by atoms with Gasteiger partial charge in [0.2, 0.25) is 0 Å². The molecule has 2 heterocycles. The molecule has 2 aliphatic heterocycles. The summed E-state index contributed by atoms with van der Waals surface area (Å²) >= 11 is 0. The Kier molecular flexibility index (Phi) is 7.18. The van der Waals surface area contributed by atoms with Gasteiger partial charge in [-0.05, 0) is 56.8 Å². The number of fused-ring (bicyclic) bond motifs is 2. The minimum atomic E-state index is 0.300. The van der Waals surface area contributed by atoms with Gasteiger partial charge in [0.15, 0.2) is 0 Å². The highest BCUT2D eigenvalue weighted by Crippen LogP contribution is 2.45. The highest BCUT2D eigenvalue weighted by molar-refractivity contribution is 5.00. The second-order valence-electron chi connectivity index (χ2n) is 8.28. The van der Waals surface area contributed by atoms with Crippen LogP contribution in [0.5, 0.6) is 0 Å². The lowest BCUT2D eigenvalue weighted by molar-refractivity contribution is -0.0130. The van der Waals surface area contributed by atoms with Gasteiger partial charge in [-0.25, -0.2) is 0 Å². The smallest absolute Gasteiger partial charge is 0.0633 e. The topological polar surface area (TPSA) is 38.7 Å². The molecular formula is C21H36O3. The second kappa shape index (κ2) is 9.35. The van der Waals surface area contributed by atoms with Gasteiger partial charge in [0.05, 0.1) is 24.9 Å². The summed E-state index contributed by atoms with van der Waals surface area (Å²) in [7, 11) is 0. The van der Waals surface area contributed by atoms with Crippen LogP contribution in [-0.2, 0) is 9.47 Å². The molecule has 3 nitrogen and oxygen atoms in total. The summed E-state index contributed by atoms with van der Waals surface area (Å²) < 4.78 is 12.5. The molecule has 3 aliphatic rings. The average Bonchev–Trinajstić information content (AvgIpc) is 3.22. The van der Waals surface area contributed by atoms with Crippen LogP contribution in [0.15, 0.2) is 12.2 Å². The molecule has 0 spiro atoms. The third-order valence-electron chi connectivity index (χ3n) is 6.38. The van der Waals surface area contributed by atoms with E-state index in [2.05, 4.69) is 19.1 Å². The lowest BCUT2D eigenvalue weighted by Crippen LogP contribution is -2.32. The molecular weight excluding hydrogens is 300 g/mol. The Morgan fingerprint density at radius 1 is 1.04 bits per heavy atom. The van der Waals surface area contributed by atoms with Crippen molar-refractivity contribution in [3.05, 3.63) is 12.2 Å². The molecule has 24 heavy (non-hydrogen) atoms. The van der Waals surface area contributed by atoms with Gasteiger partial charge >= 0.3 is 0 Å². The zero-order chi connectivity index (χ0) is 16.8. The minimum absolute atomic E-state index is 0.300. The molecule has 2 saturated heterocycles. The Labute approximate surface area is 147 Å². The van der Waals surface area contributed by atoms with E-state index in [-0.39, 0.29) is 0 Å². The van der Waals surface area contributed by atoms with Crippen molar-refractivity contribution in [1.82, 2.24) is 0 Å². The molecule has 3 rings (SSSR count). The lowest BCUT2D eigenvalue weighted by Gasteiger charge is -2.30. The van der Waals surface area contributed by atoms with E-state index in [1.807, 2.05) is 0 Å². The molecule has 0 aromatic rings. The Morgan fingerprint density at radius 3 is 2.54 bits per heavy atom. The van der Waals surface area contributed by atoms with Gasteiger partial charge < -0.3 is 14.6 Å². The molecule has 3 fully saturated rings. The number of aliphatic hydroxyl groups is 1. The first-order valence-corrected chi connectivity index (χ1v) is 10.3. The van der Waals surface area contributed by atoms with E-state index in [4.69, 9.17) is 14.6 Å². The van der Waals surface area contributed by atoms with Gasteiger partial charge in [0.1, 0.15) is 0 Å². The van der Waals surface area contributed by atoms with Crippen LogP contribution in [0.25, 0.3) is 0 Å². The molecule has 0 aromatic carbocycles. The molecule has 0 radical (unpaired) electrons. The van der Waals surface area contributed by atoms with E-state index >= 15 is 0 Å². The molecule has 0 aromatic heterocycles. The average molecular weight is 337 g/mol. The van der Waals surface area contributed by atoms with E-state index < -0.39 is 0 Å². The van der Waals surface area contributed by atoms with E-state index in [1.54, 1.807) is 0 Å². The zero-order valence-electron chi connectivity index (χ0n) is 15.4. The largest absolute Gasteiger partial charge is 0.396 e. The van der Waals surface area contributed by atoms with Crippen molar-refractivity contribution < 1.29 is 14.6 Å². The van der Waals surface area contributed by atoms with Gasteiger partial charge in [-0.1, -0.05) is 38.3 Å². The molecule has 1 saturated carbocycles. The third-order valence-corrected chi connectivity index (χ3v) is 6.38. The van der Waals surface area contributed by atoms with Crippen molar-refractivity contribution in [3.8, 4) is 0 Å². The van der Waals surface area contributed by atoms with Crippen LogP contribution in [0.1, 0.15) is 71.1 Å². The molecule has 1 unspecified atom stereocenters. The van der Waals surface area contributed by atoms with Crippen molar-refractivity contribution >= 4 is 0 Å². The Bertz CT molecular complexity index is 389. The highest BCUT2D eigenvalue weighted by atomic mass is 16.5. The van der Waals surface area contributed by atoms with Crippen molar-refractivity contribution in [1.29, 1.82) is 0 Å². The highest BCUT2D eigenvalue weighted by Gasteiger charge is 2.48. The zero-order valence-corrected chi connectivity index (χ0v) is 15.4. The van der Waals surface area contributed by atoms with E-state index in [0.717, 1.165) is 25.9 Å². The lowest BCUT2D eigenvalue weighted by atomic mass is 9.78. The molecule has 5 atom stereocenters. The summed E-state index contributed by atoms with van der Waals surface area (Å²) in [6.07, 6.45) is 18.4. The van der Waals surface area contributed by atoms with E-state index in [1.165, 1.54) is 44.9 Å². The summed E-state index contributed by atoms with van der Waals surface area (Å²) in [5.41, 5.74) is 0. The number of hydrogen-bond acceptors (Lipinski definition) is 3. The van der Waals surface area contributed by atoms with Crippen molar-refractivity contribution in [3.63, 3.8) is 0 Å². The number of rotatable bonds is 9. The van der Waals surface area contributed by atoms with Crippen molar-refractivity contribution in [2.45, 2.75) is 89.4 Å². The first kappa shape index (κ1) is 18.4. The number of aliphatic hydroxyl groups excluding tert-OH is 1. The molecule has 2 bridgehead atoms. The van der Waals surface area contributed by atoms with Crippen LogP contribution in [-0.4, -0.2) is 36.6 Å². The Hall–Kier alpha value is -0.380. The summed E-state index contributed by atoms with van der Waals surface area (Å²) in [5, 5.41) is 9.08. The molecule has 138 valence electrons. The van der Waals surface area contributed by atoms with Crippen LogP contribution in [0.4, 0.5) is 0 Å². The molecule has 1 N–H and O–H groups in total. The van der Waals surface area contributed by atoms with Gasteiger partial charge in [-0.15, -0.1) is 0 Å². The fraction of sp³-hybridized carbons (Fsp3) is 0.905. The second-order valence-corrected chi connectivity index (χ2v) is 8.28. The van der Waals surface area contributed by atoms with Crippen molar-refractivity contribution in [2.75, 3.05) is 13.2 Å². The summed E-state index contributed by atoms with van der Waals surface area (Å²) in [6.45, 7) is 3.32. The monoisotopic (exact) mass is 336 g/mol. The van der Waals surface area contributed by atoms with Gasteiger partial charge in [-0.3, -0.25) is 0 Å². The Balaban J connectivity index is 1.43. The van der Waals surface area contributed by atoms with Crippen LogP contribution < -0.4 is 0 Å². The minimum Gasteiger partial charge on any atom is -0.396 e. The maximum atomic E-state index is 9.08. The number of ether oxygens (including phenoxy) is 2. The molecule has 0 amide bonds. The normalized spacial score (nSPS) is 35.1. The maximum absolute atomic E-state index is 9.08. The number of allylic oxidation sites excluding steroid dienone is 2. The van der Waals surface area contributed by atoms with E-state index in [9.17, 15) is 0 Å². The van der Waals surface area contributed by atoms with Crippen LogP contribution in [0.3, 0.4) is 0 Å². The van der Waals surface area contributed by atoms with Gasteiger partial charge in [0, 0.05) is 12.5 Å². The fourth-order valence-corrected chi connectivity index (χ4v) is 4.75. The summed E-state index contributed by atoms with van der Waals surface area (Å²) in [4.78, 5) is 0. The number of hydrogen-bond donors (Lipinski definition) is 1. The van der Waals surface area contributed by atoms with Crippen LogP contribution >= 0.6 is 0 Å². The summed E-state index contributed by atoms with van der Waals surface area (Å²) in [5.74, 6) is 1.67. The van der Waals surface area contributed by atoms with Gasteiger partial charge in [0.25, 0.3) is 0 Å². The SMILES string of the molecule is C[C@@H](CO)CCC=CCC1[C@@H]2CC[C@@H](O2)[C@@H]1COC1CCCCC1. The predicted octanol–water partition coefficient (Wildman–Crippen LogP) is 4.48. The molecule has 3 heteroatoms. The quantitative estimate of drug-likeness (QED) is 0.631. The van der Waals surface area contributed by atoms with Crippen molar-refractivity contribution in [2.24, 2.45) is 17.8 Å². The molecule has 1 aliphatic carbocycles.